The van der Waals surface area contributed by atoms with Gasteiger partial charge in [-0.05, 0) is 61.8 Å². The van der Waals surface area contributed by atoms with Crippen molar-refractivity contribution in [3.8, 4) is 0 Å². The number of nitrogens with zero attached hydrogens (tertiary/aromatic N) is 4. The van der Waals surface area contributed by atoms with Crippen molar-refractivity contribution in [3.05, 3.63) is 47.5 Å². The van der Waals surface area contributed by atoms with Gasteiger partial charge in [0.25, 0.3) is 0 Å². The summed E-state index contributed by atoms with van der Waals surface area (Å²) < 4.78 is 38.1. The Labute approximate surface area is 201 Å². The second-order valence-electron chi connectivity index (χ2n) is 9.42. The molecular formula is C25H33FN4O3S. The van der Waals surface area contributed by atoms with Gasteiger partial charge in [0.05, 0.1) is 4.90 Å². The molecule has 4 rings (SSSR count). The summed E-state index contributed by atoms with van der Waals surface area (Å²) in [5, 5.41) is 0. The van der Waals surface area contributed by atoms with Crippen LogP contribution in [0.15, 0.2) is 35.5 Å². The smallest absolute Gasteiger partial charge is 0.226 e. The van der Waals surface area contributed by atoms with E-state index in [0.29, 0.717) is 12.0 Å². The molecule has 2 fully saturated rings. The summed E-state index contributed by atoms with van der Waals surface area (Å²) in [6, 6.07) is 4.17. The summed E-state index contributed by atoms with van der Waals surface area (Å²) in [6.45, 7) is 4.41. The van der Waals surface area contributed by atoms with Gasteiger partial charge in [-0.25, -0.2) is 22.8 Å². The van der Waals surface area contributed by atoms with E-state index in [1.807, 2.05) is 17.3 Å². The number of benzene rings is 1. The molecule has 0 bridgehead atoms. The third kappa shape index (κ3) is 5.56. The highest BCUT2D eigenvalue weighted by Gasteiger charge is 2.34. The van der Waals surface area contributed by atoms with Crippen LogP contribution in [-0.2, 0) is 27.5 Å². The second kappa shape index (κ2) is 10.4. The van der Waals surface area contributed by atoms with Gasteiger partial charge in [-0.3, -0.25) is 4.79 Å². The van der Waals surface area contributed by atoms with E-state index in [9.17, 15) is 17.6 Å². The lowest BCUT2D eigenvalue weighted by molar-refractivity contribution is -0.137. The first-order valence-electron chi connectivity index (χ1n) is 12.1. The third-order valence-electron chi connectivity index (χ3n) is 7.04. The van der Waals surface area contributed by atoms with Gasteiger partial charge in [0.1, 0.15) is 5.82 Å². The topological polar surface area (TPSA) is 83.5 Å². The van der Waals surface area contributed by atoms with Gasteiger partial charge in [-0.1, -0.05) is 19.4 Å². The Hall–Kier alpha value is -2.55. The molecule has 0 radical (unpaired) electrons. The molecule has 0 aliphatic carbocycles. The normalized spacial score (nSPS) is 20.4. The van der Waals surface area contributed by atoms with Crippen LogP contribution < -0.4 is 4.90 Å². The minimum absolute atomic E-state index is 0.0392. The maximum atomic E-state index is 14.7. The van der Waals surface area contributed by atoms with E-state index in [4.69, 9.17) is 0 Å². The Morgan fingerprint density at radius 1 is 1.06 bits per heavy atom. The highest BCUT2D eigenvalue weighted by molar-refractivity contribution is 7.90. The van der Waals surface area contributed by atoms with Crippen LogP contribution in [0.25, 0.3) is 0 Å². The van der Waals surface area contributed by atoms with Gasteiger partial charge in [0.15, 0.2) is 9.84 Å². The molecule has 2 aromatic rings. The molecule has 34 heavy (non-hydrogen) atoms. The van der Waals surface area contributed by atoms with Crippen molar-refractivity contribution in [1.82, 2.24) is 14.9 Å². The maximum Gasteiger partial charge on any atom is 0.226 e. The fourth-order valence-electron chi connectivity index (χ4n) is 4.95. The van der Waals surface area contributed by atoms with Crippen molar-refractivity contribution in [3.63, 3.8) is 0 Å². The highest BCUT2D eigenvalue weighted by Crippen LogP contribution is 2.28. The number of piperidine rings is 1. The average Bonchev–Trinajstić information content (AvgIpc) is 3.01. The van der Waals surface area contributed by atoms with Gasteiger partial charge in [-0.15, -0.1) is 0 Å². The van der Waals surface area contributed by atoms with E-state index in [2.05, 4.69) is 21.8 Å². The fraction of sp³-hybridized carbons (Fsp3) is 0.560. The SMILES string of the molecule is CCc1cnc(N2CCC(N3CCCC[C@H](Cc4ccc(S(C)(=O)=O)cc4F)C3=O)CC2)nc1. The number of likely N-dealkylation sites (tertiary alicyclic amines) is 1. The first-order chi connectivity index (χ1) is 16.3. The van der Waals surface area contributed by atoms with Crippen molar-refractivity contribution in [2.45, 2.75) is 62.8 Å². The molecule has 9 heteroatoms. The van der Waals surface area contributed by atoms with E-state index < -0.39 is 15.7 Å². The number of amides is 1. The molecule has 1 amide bonds. The summed E-state index contributed by atoms with van der Waals surface area (Å²) in [5.41, 5.74) is 1.51. The van der Waals surface area contributed by atoms with E-state index in [1.165, 1.54) is 12.1 Å². The fourth-order valence-corrected chi connectivity index (χ4v) is 5.59. The monoisotopic (exact) mass is 488 g/mol. The number of halogens is 1. The largest absolute Gasteiger partial charge is 0.341 e. The van der Waals surface area contributed by atoms with Crippen molar-refractivity contribution >= 4 is 21.7 Å². The summed E-state index contributed by atoms with van der Waals surface area (Å²) in [6.07, 6.45) is 10.3. The van der Waals surface area contributed by atoms with Crippen molar-refractivity contribution in [2.24, 2.45) is 5.92 Å². The molecule has 0 N–H and O–H groups in total. The highest BCUT2D eigenvalue weighted by atomic mass is 32.2. The standard InChI is InChI=1S/C25H33FN4O3S/c1-3-18-16-27-25(28-17-18)29-12-9-21(10-13-29)30-11-5-4-6-20(24(30)31)14-19-7-8-22(15-23(19)26)34(2,32)33/h7-8,15-17,20-21H,3-6,9-14H2,1-2H3/t20-/m1/s1. The summed E-state index contributed by atoms with van der Waals surface area (Å²) in [4.78, 5) is 26.6. The van der Waals surface area contributed by atoms with Crippen LogP contribution >= 0.6 is 0 Å². The van der Waals surface area contributed by atoms with Gasteiger partial charge in [0, 0.05) is 50.2 Å². The molecule has 7 nitrogen and oxygen atoms in total. The lowest BCUT2D eigenvalue weighted by atomic mass is 9.93. The third-order valence-corrected chi connectivity index (χ3v) is 8.15. The number of hydrogen-bond acceptors (Lipinski definition) is 6. The molecule has 184 valence electrons. The predicted octanol–water partition coefficient (Wildman–Crippen LogP) is 3.42. The summed E-state index contributed by atoms with van der Waals surface area (Å²) in [5.74, 6) is -0.0206. The first-order valence-corrected chi connectivity index (χ1v) is 14.0. The van der Waals surface area contributed by atoms with E-state index in [-0.39, 0.29) is 22.8 Å². The van der Waals surface area contributed by atoms with Crippen LogP contribution in [0, 0.1) is 11.7 Å². The molecule has 3 heterocycles. The van der Waals surface area contributed by atoms with E-state index in [1.54, 1.807) is 0 Å². The molecule has 0 saturated carbocycles. The summed E-state index contributed by atoms with van der Waals surface area (Å²) in [7, 11) is -3.47. The number of rotatable bonds is 6. The van der Waals surface area contributed by atoms with Crippen molar-refractivity contribution in [1.29, 1.82) is 0 Å². The Balaban J connectivity index is 1.41. The minimum atomic E-state index is -3.47. The molecule has 2 saturated heterocycles. The Kier molecular flexibility index (Phi) is 7.50. The molecule has 0 spiro atoms. The van der Waals surface area contributed by atoms with Crippen LogP contribution in [0.3, 0.4) is 0 Å². The molecule has 2 aliphatic heterocycles. The number of hydrogen-bond donors (Lipinski definition) is 0. The van der Waals surface area contributed by atoms with Crippen LogP contribution in [0.2, 0.25) is 0 Å². The molecule has 1 aromatic heterocycles. The number of carbonyl (C=O) groups is 1. The number of anilines is 1. The van der Waals surface area contributed by atoms with Crippen LogP contribution in [0.1, 0.15) is 50.2 Å². The lowest BCUT2D eigenvalue weighted by Gasteiger charge is -2.39. The van der Waals surface area contributed by atoms with Crippen molar-refractivity contribution in [2.75, 3.05) is 30.8 Å². The van der Waals surface area contributed by atoms with Gasteiger partial charge in [0.2, 0.25) is 11.9 Å². The molecule has 0 unspecified atom stereocenters. The number of aromatic nitrogens is 2. The van der Waals surface area contributed by atoms with Gasteiger partial charge < -0.3 is 9.80 Å². The summed E-state index contributed by atoms with van der Waals surface area (Å²) >= 11 is 0. The zero-order valence-electron chi connectivity index (χ0n) is 19.9. The number of aryl methyl sites for hydroxylation is 1. The zero-order chi connectivity index (χ0) is 24.3. The van der Waals surface area contributed by atoms with Crippen LogP contribution in [0.5, 0.6) is 0 Å². The van der Waals surface area contributed by atoms with Gasteiger partial charge in [-0.2, -0.15) is 0 Å². The second-order valence-corrected chi connectivity index (χ2v) is 11.4. The molecule has 1 aromatic carbocycles. The van der Waals surface area contributed by atoms with Crippen molar-refractivity contribution < 1.29 is 17.6 Å². The molecule has 2 aliphatic rings. The predicted molar refractivity (Wildman–Crippen MR) is 129 cm³/mol. The number of carbonyl (C=O) groups excluding carboxylic acids is 1. The van der Waals surface area contributed by atoms with Crippen LogP contribution in [0.4, 0.5) is 10.3 Å². The number of sulfone groups is 1. The molecular weight excluding hydrogens is 455 g/mol. The van der Waals surface area contributed by atoms with E-state index in [0.717, 1.165) is 82.0 Å². The quantitative estimate of drug-likeness (QED) is 0.620. The maximum absolute atomic E-state index is 14.7. The minimum Gasteiger partial charge on any atom is -0.341 e. The zero-order valence-corrected chi connectivity index (χ0v) is 20.7. The Morgan fingerprint density at radius 2 is 1.76 bits per heavy atom. The van der Waals surface area contributed by atoms with Crippen LogP contribution in [-0.4, -0.2) is 61.1 Å². The lowest BCUT2D eigenvalue weighted by Crippen LogP contribution is -2.49. The average molecular weight is 489 g/mol. The Bertz CT molecular complexity index is 1120. The first kappa shape index (κ1) is 24.6. The van der Waals surface area contributed by atoms with Gasteiger partial charge >= 0.3 is 0 Å². The molecule has 1 atom stereocenters. The van der Waals surface area contributed by atoms with E-state index >= 15 is 0 Å². The Morgan fingerprint density at radius 3 is 2.38 bits per heavy atom.